The molecule has 1 rings (SSSR count). The molecule has 1 aliphatic rings. The van der Waals surface area contributed by atoms with E-state index in [9.17, 15) is 4.79 Å². The van der Waals surface area contributed by atoms with Crippen molar-refractivity contribution >= 4 is 5.91 Å². The molecule has 15 heavy (non-hydrogen) atoms. The molecular weight excluding hydrogens is 192 g/mol. The molecule has 4 nitrogen and oxygen atoms in total. The van der Waals surface area contributed by atoms with Crippen LogP contribution in [-0.2, 0) is 9.53 Å². The molecular formula is C11H22N2O2. The predicted octanol–water partition coefficient (Wildman–Crippen LogP) is 0.479. The summed E-state index contributed by atoms with van der Waals surface area (Å²) in [6.07, 6.45) is -0.300. The van der Waals surface area contributed by atoms with Crippen molar-refractivity contribution in [3.63, 3.8) is 0 Å². The van der Waals surface area contributed by atoms with E-state index in [4.69, 9.17) is 4.74 Å². The number of nitrogens with one attached hydrogen (secondary N) is 1. The first-order valence-electron chi connectivity index (χ1n) is 5.47. The Hall–Kier alpha value is -0.610. The van der Waals surface area contributed by atoms with Crippen LogP contribution in [0.2, 0.25) is 0 Å². The van der Waals surface area contributed by atoms with Crippen molar-refractivity contribution in [1.29, 1.82) is 0 Å². The van der Waals surface area contributed by atoms with Crippen molar-refractivity contribution in [2.75, 3.05) is 33.3 Å². The van der Waals surface area contributed by atoms with Crippen molar-refractivity contribution in [3.05, 3.63) is 0 Å². The minimum Gasteiger partial charge on any atom is -0.366 e. The lowest BCUT2D eigenvalue weighted by Crippen LogP contribution is -2.49. The first-order valence-corrected chi connectivity index (χ1v) is 5.47. The van der Waals surface area contributed by atoms with E-state index in [1.807, 2.05) is 7.05 Å². The number of carbonyl (C=O) groups excluding carboxylic acids is 1. The maximum absolute atomic E-state index is 11.9. The summed E-state index contributed by atoms with van der Waals surface area (Å²) in [5.74, 6) is 0.0807. The summed E-state index contributed by atoms with van der Waals surface area (Å²) in [4.78, 5) is 13.7. The summed E-state index contributed by atoms with van der Waals surface area (Å²) >= 11 is 0. The van der Waals surface area contributed by atoms with Crippen molar-refractivity contribution in [1.82, 2.24) is 10.2 Å². The SMILES string of the molecule is CN(CC(C)(C)C)C(=O)[C@@H]1CNCCO1. The fraction of sp³-hybridized carbons (Fsp3) is 0.909. The number of hydrogen-bond donors (Lipinski definition) is 1. The molecule has 0 unspecified atom stereocenters. The van der Waals surface area contributed by atoms with Crippen LogP contribution in [0.4, 0.5) is 0 Å². The van der Waals surface area contributed by atoms with E-state index in [-0.39, 0.29) is 17.4 Å². The molecule has 1 fully saturated rings. The molecule has 4 heteroatoms. The Bertz CT molecular complexity index is 217. The first-order chi connectivity index (χ1) is 6.90. The van der Waals surface area contributed by atoms with Crippen LogP contribution in [-0.4, -0.2) is 50.2 Å². The topological polar surface area (TPSA) is 41.6 Å². The number of morpholine rings is 1. The smallest absolute Gasteiger partial charge is 0.252 e. The van der Waals surface area contributed by atoms with E-state index < -0.39 is 0 Å². The average molecular weight is 214 g/mol. The van der Waals surface area contributed by atoms with Crippen LogP contribution in [0.5, 0.6) is 0 Å². The van der Waals surface area contributed by atoms with Crippen LogP contribution in [0.25, 0.3) is 0 Å². The van der Waals surface area contributed by atoms with Crippen LogP contribution < -0.4 is 5.32 Å². The van der Waals surface area contributed by atoms with Gasteiger partial charge in [0.2, 0.25) is 0 Å². The van der Waals surface area contributed by atoms with Gasteiger partial charge in [-0.05, 0) is 5.41 Å². The summed E-state index contributed by atoms with van der Waals surface area (Å²) in [6.45, 7) is 9.22. The van der Waals surface area contributed by atoms with Crippen LogP contribution in [0.15, 0.2) is 0 Å². The molecule has 0 aromatic carbocycles. The molecule has 0 radical (unpaired) electrons. The highest BCUT2D eigenvalue weighted by molar-refractivity contribution is 5.81. The van der Waals surface area contributed by atoms with Gasteiger partial charge >= 0.3 is 0 Å². The Morgan fingerprint density at radius 1 is 1.53 bits per heavy atom. The molecule has 1 N–H and O–H groups in total. The van der Waals surface area contributed by atoms with E-state index in [1.54, 1.807) is 4.90 Å². The van der Waals surface area contributed by atoms with Gasteiger partial charge in [0, 0.05) is 26.7 Å². The van der Waals surface area contributed by atoms with Crippen molar-refractivity contribution in [3.8, 4) is 0 Å². The zero-order chi connectivity index (χ0) is 11.5. The third-order valence-electron chi connectivity index (χ3n) is 2.29. The first kappa shape index (κ1) is 12.5. The molecule has 1 heterocycles. The van der Waals surface area contributed by atoms with E-state index in [0.717, 1.165) is 13.1 Å². The van der Waals surface area contributed by atoms with Crippen molar-refractivity contribution < 1.29 is 9.53 Å². The molecule has 0 aliphatic carbocycles. The summed E-state index contributed by atoms with van der Waals surface area (Å²) in [5.41, 5.74) is 0.131. The van der Waals surface area contributed by atoms with Crippen LogP contribution in [0, 0.1) is 5.41 Å². The molecule has 0 aromatic rings. The molecule has 1 saturated heterocycles. The summed E-state index contributed by atoms with van der Waals surface area (Å²) in [6, 6.07) is 0. The van der Waals surface area contributed by atoms with Gasteiger partial charge in [0.05, 0.1) is 6.61 Å². The second-order valence-corrected chi connectivity index (χ2v) is 5.32. The van der Waals surface area contributed by atoms with Crippen LogP contribution >= 0.6 is 0 Å². The molecule has 1 aliphatic heterocycles. The minimum atomic E-state index is -0.300. The maximum atomic E-state index is 11.9. The largest absolute Gasteiger partial charge is 0.366 e. The second kappa shape index (κ2) is 4.94. The molecule has 0 saturated carbocycles. The fourth-order valence-electron chi connectivity index (χ4n) is 1.76. The van der Waals surface area contributed by atoms with Gasteiger partial charge in [-0.15, -0.1) is 0 Å². The van der Waals surface area contributed by atoms with E-state index >= 15 is 0 Å². The Balaban J connectivity index is 2.44. The zero-order valence-electron chi connectivity index (χ0n) is 10.2. The Labute approximate surface area is 92.0 Å². The highest BCUT2D eigenvalue weighted by Crippen LogP contribution is 2.15. The minimum absolute atomic E-state index is 0.0807. The van der Waals surface area contributed by atoms with E-state index in [2.05, 4.69) is 26.1 Å². The van der Waals surface area contributed by atoms with E-state index in [0.29, 0.717) is 13.2 Å². The quantitative estimate of drug-likeness (QED) is 0.727. The lowest BCUT2D eigenvalue weighted by atomic mass is 9.96. The predicted molar refractivity (Wildman–Crippen MR) is 59.7 cm³/mol. The van der Waals surface area contributed by atoms with Crippen LogP contribution in [0.3, 0.4) is 0 Å². The normalized spacial score (nSPS) is 22.5. The molecule has 0 spiro atoms. The maximum Gasteiger partial charge on any atom is 0.252 e. The average Bonchev–Trinajstić information content (AvgIpc) is 2.15. The fourth-order valence-corrected chi connectivity index (χ4v) is 1.76. The summed E-state index contributed by atoms with van der Waals surface area (Å²) < 4.78 is 5.42. The lowest BCUT2D eigenvalue weighted by Gasteiger charge is -2.31. The number of likely N-dealkylation sites (N-methyl/N-ethyl adjacent to an activating group) is 1. The zero-order valence-corrected chi connectivity index (χ0v) is 10.2. The standard InChI is InChI=1S/C11H22N2O2/c1-11(2,3)8-13(4)10(14)9-7-12-5-6-15-9/h9,12H,5-8H2,1-4H3/t9-/m0/s1. The molecule has 0 aromatic heterocycles. The third kappa shape index (κ3) is 4.18. The Morgan fingerprint density at radius 2 is 2.20 bits per heavy atom. The van der Waals surface area contributed by atoms with Gasteiger partial charge < -0.3 is 15.0 Å². The van der Waals surface area contributed by atoms with Crippen molar-refractivity contribution in [2.45, 2.75) is 26.9 Å². The second-order valence-electron chi connectivity index (χ2n) is 5.32. The molecule has 88 valence electrons. The lowest BCUT2D eigenvalue weighted by molar-refractivity contribution is -0.145. The molecule has 1 atom stereocenters. The van der Waals surface area contributed by atoms with Crippen LogP contribution in [0.1, 0.15) is 20.8 Å². The van der Waals surface area contributed by atoms with Gasteiger partial charge in [-0.2, -0.15) is 0 Å². The highest BCUT2D eigenvalue weighted by atomic mass is 16.5. The summed E-state index contributed by atoms with van der Waals surface area (Å²) in [5, 5.41) is 3.16. The van der Waals surface area contributed by atoms with Crippen molar-refractivity contribution in [2.24, 2.45) is 5.41 Å². The number of hydrogen-bond acceptors (Lipinski definition) is 3. The third-order valence-corrected chi connectivity index (χ3v) is 2.29. The number of nitrogens with zero attached hydrogens (tertiary/aromatic N) is 1. The number of ether oxygens (including phenoxy) is 1. The van der Waals surface area contributed by atoms with Gasteiger partial charge in [0.25, 0.3) is 5.91 Å². The number of amides is 1. The van der Waals surface area contributed by atoms with Gasteiger partial charge in [0.1, 0.15) is 6.10 Å². The summed E-state index contributed by atoms with van der Waals surface area (Å²) in [7, 11) is 1.84. The Morgan fingerprint density at radius 3 is 2.67 bits per heavy atom. The van der Waals surface area contributed by atoms with Gasteiger partial charge in [-0.1, -0.05) is 20.8 Å². The van der Waals surface area contributed by atoms with Gasteiger partial charge in [-0.3, -0.25) is 4.79 Å². The highest BCUT2D eigenvalue weighted by Gasteiger charge is 2.26. The monoisotopic (exact) mass is 214 g/mol. The molecule has 1 amide bonds. The van der Waals surface area contributed by atoms with E-state index in [1.165, 1.54) is 0 Å². The molecule has 0 bridgehead atoms. The Kier molecular flexibility index (Phi) is 4.11. The number of carbonyl (C=O) groups is 1. The number of rotatable bonds is 2. The van der Waals surface area contributed by atoms with Gasteiger partial charge in [-0.25, -0.2) is 0 Å². The van der Waals surface area contributed by atoms with Gasteiger partial charge in [0.15, 0.2) is 0 Å².